The van der Waals surface area contributed by atoms with Gasteiger partial charge in [-0.25, -0.2) is 0 Å². The molecule has 1 heteroatoms. The molecule has 0 fully saturated rings. The average molecular weight is 261 g/mol. The Balaban J connectivity index is 4.03. The van der Waals surface area contributed by atoms with Gasteiger partial charge in [-0.2, -0.15) is 0 Å². The first kappa shape index (κ1) is 14.2. The molecule has 14 heavy (non-hydrogen) atoms. The Morgan fingerprint density at radius 2 is 1.86 bits per heavy atom. The third-order valence-corrected chi connectivity index (χ3v) is 3.72. The fourth-order valence-corrected chi connectivity index (χ4v) is 2.57. The smallest absolute Gasteiger partial charge is 0.0352 e. The zero-order valence-corrected chi connectivity index (χ0v) is 11.8. The molecule has 0 aromatic rings. The Kier molecular flexibility index (Phi) is 6.76. The Morgan fingerprint density at radius 3 is 2.29 bits per heavy atom. The van der Waals surface area contributed by atoms with E-state index in [1.807, 2.05) is 0 Å². The third kappa shape index (κ3) is 5.85. The number of allylic oxidation sites excluding steroid dienone is 1. The maximum Gasteiger partial charge on any atom is 0.0352 e. The van der Waals surface area contributed by atoms with Gasteiger partial charge >= 0.3 is 0 Å². The second-order valence-electron chi connectivity index (χ2n) is 5.01. The number of halogens is 1. The molecule has 0 aliphatic carbocycles. The maximum atomic E-state index is 4.19. The summed E-state index contributed by atoms with van der Waals surface area (Å²) in [5, 5.41) is 0. The van der Waals surface area contributed by atoms with Gasteiger partial charge in [0, 0.05) is 4.83 Å². The van der Waals surface area contributed by atoms with Crippen LogP contribution in [0.1, 0.15) is 59.8 Å². The maximum absolute atomic E-state index is 4.19. The molecule has 0 amide bonds. The van der Waals surface area contributed by atoms with E-state index in [1.165, 1.54) is 31.3 Å². The highest BCUT2D eigenvalue weighted by atomic mass is 79.9. The van der Waals surface area contributed by atoms with Gasteiger partial charge in [0.2, 0.25) is 0 Å². The van der Waals surface area contributed by atoms with E-state index in [9.17, 15) is 0 Å². The zero-order chi connectivity index (χ0) is 11.2. The van der Waals surface area contributed by atoms with E-state index in [0.29, 0.717) is 10.2 Å². The monoisotopic (exact) mass is 260 g/mol. The molecule has 0 nitrogen and oxygen atoms in total. The molecule has 0 spiro atoms. The summed E-state index contributed by atoms with van der Waals surface area (Å²) in [6, 6.07) is 0. The van der Waals surface area contributed by atoms with Crippen molar-refractivity contribution in [1.82, 2.24) is 0 Å². The van der Waals surface area contributed by atoms with E-state index in [-0.39, 0.29) is 0 Å². The number of hydrogen-bond acceptors (Lipinski definition) is 0. The van der Waals surface area contributed by atoms with Crippen molar-refractivity contribution >= 4 is 15.9 Å². The third-order valence-electron chi connectivity index (χ3n) is 2.62. The van der Waals surface area contributed by atoms with Crippen LogP contribution in [0, 0.1) is 5.41 Å². The SMILES string of the molecule is C=C(CC(C)(C)CCC)C(Br)CCC. The molecular weight excluding hydrogens is 236 g/mol. The van der Waals surface area contributed by atoms with Crippen molar-refractivity contribution in [1.29, 1.82) is 0 Å². The van der Waals surface area contributed by atoms with E-state index in [0.717, 1.165) is 6.42 Å². The summed E-state index contributed by atoms with van der Waals surface area (Å²) in [5.41, 5.74) is 1.79. The van der Waals surface area contributed by atoms with E-state index < -0.39 is 0 Å². The Labute approximate surface area is 98.3 Å². The van der Waals surface area contributed by atoms with Gasteiger partial charge in [0.25, 0.3) is 0 Å². The van der Waals surface area contributed by atoms with Crippen LogP contribution in [0.2, 0.25) is 0 Å². The molecule has 0 heterocycles. The van der Waals surface area contributed by atoms with Crippen LogP contribution >= 0.6 is 15.9 Å². The molecular formula is C13H25Br. The van der Waals surface area contributed by atoms with Crippen molar-refractivity contribution < 1.29 is 0 Å². The van der Waals surface area contributed by atoms with Crippen molar-refractivity contribution in [3.8, 4) is 0 Å². The summed E-state index contributed by atoms with van der Waals surface area (Å²) in [5.74, 6) is 0. The minimum absolute atomic E-state index is 0.422. The van der Waals surface area contributed by atoms with E-state index in [2.05, 4.69) is 50.2 Å². The van der Waals surface area contributed by atoms with Gasteiger partial charge in [-0.15, -0.1) is 0 Å². The largest absolute Gasteiger partial charge is 0.0987 e. The molecule has 1 atom stereocenters. The predicted octanol–water partition coefficient (Wildman–Crippen LogP) is 5.32. The molecule has 0 aliphatic rings. The first-order chi connectivity index (χ1) is 6.43. The van der Waals surface area contributed by atoms with Gasteiger partial charge < -0.3 is 0 Å². The Bertz CT molecular complexity index is 170. The summed E-state index contributed by atoms with van der Waals surface area (Å²) in [4.78, 5) is 0.517. The highest BCUT2D eigenvalue weighted by Crippen LogP contribution is 2.33. The molecule has 0 saturated carbocycles. The predicted molar refractivity (Wildman–Crippen MR) is 70.1 cm³/mol. The molecule has 0 rings (SSSR count). The molecule has 84 valence electrons. The first-order valence-electron chi connectivity index (χ1n) is 5.74. The number of alkyl halides is 1. The summed E-state index contributed by atoms with van der Waals surface area (Å²) in [7, 11) is 0. The zero-order valence-electron chi connectivity index (χ0n) is 10.2. The van der Waals surface area contributed by atoms with E-state index in [4.69, 9.17) is 0 Å². The molecule has 0 aromatic carbocycles. The molecule has 0 radical (unpaired) electrons. The lowest BCUT2D eigenvalue weighted by Gasteiger charge is -2.27. The van der Waals surface area contributed by atoms with Crippen molar-refractivity contribution in [3.63, 3.8) is 0 Å². The summed E-state index contributed by atoms with van der Waals surface area (Å²) >= 11 is 3.71. The van der Waals surface area contributed by atoms with Crippen molar-refractivity contribution in [2.24, 2.45) is 5.41 Å². The highest BCUT2D eigenvalue weighted by molar-refractivity contribution is 9.09. The molecule has 0 saturated heterocycles. The van der Waals surface area contributed by atoms with Gasteiger partial charge in [0.15, 0.2) is 0 Å². The molecule has 0 bridgehead atoms. The minimum atomic E-state index is 0.422. The normalized spacial score (nSPS) is 14.1. The van der Waals surface area contributed by atoms with Gasteiger partial charge in [-0.05, 0) is 24.7 Å². The fourth-order valence-electron chi connectivity index (χ4n) is 1.95. The van der Waals surface area contributed by atoms with Gasteiger partial charge in [-0.3, -0.25) is 0 Å². The summed E-state index contributed by atoms with van der Waals surface area (Å²) in [6.45, 7) is 13.3. The van der Waals surface area contributed by atoms with Gasteiger partial charge in [-0.1, -0.05) is 68.6 Å². The van der Waals surface area contributed by atoms with Crippen LogP contribution in [0.4, 0.5) is 0 Å². The van der Waals surface area contributed by atoms with E-state index >= 15 is 0 Å². The van der Waals surface area contributed by atoms with Crippen molar-refractivity contribution in [2.45, 2.75) is 64.6 Å². The number of rotatable bonds is 7. The van der Waals surface area contributed by atoms with Crippen LogP contribution in [0.3, 0.4) is 0 Å². The van der Waals surface area contributed by atoms with Gasteiger partial charge in [0.1, 0.15) is 0 Å². The lowest BCUT2D eigenvalue weighted by Crippen LogP contribution is -2.15. The second kappa shape index (κ2) is 6.66. The topological polar surface area (TPSA) is 0 Å². The first-order valence-corrected chi connectivity index (χ1v) is 6.66. The van der Waals surface area contributed by atoms with Crippen LogP contribution in [0.25, 0.3) is 0 Å². The van der Waals surface area contributed by atoms with Crippen molar-refractivity contribution in [2.75, 3.05) is 0 Å². The molecule has 0 N–H and O–H groups in total. The minimum Gasteiger partial charge on any atom is -0.0987 e. The standard InChI is InChI=1S/C13H25Br/c1-6-8-12(14)11(3)10-13(4,5)9-7-2/h12H,3,6-10H2,1-2,4-5H3. The second-order valence-corrected chi connectivity index (χ2v) is 6.11. The lowest BCUT2D eigenvalue weighted by atomic mass is 9.81. The highest BCUT2D eigenvalue weighted by Gasteiger charge is 2.20. The van der Waals surface area contributed by atoms with Crippen LogP contribution < -0.4 is 0 Å². The molecule has 1 unspecified atom stereocenters. The summed E-state index contributed by atoms with van der Waals surface area (Å²) < 4.78 is 0. The van der Waals surface area contributed by atoms with E-state index in [1.54, 1.807) is 0 Å². The van der Waals surface area contributed by atoms with Crippen molar-refractivity contribution in [3.05, 3.63) is 12.2 Å². The van der Waals surface area contributed by atoms with Gasteiger partial charge in [0.05, 0.1) is 0 Å². The summed E-state index contributed by atoms with van der Waals surface area (Å²) in [6.07, 6.45) is 6.14. The van der Waals surface area contributed by atoms with Crippen LogP contribution in [-0.4, -0.2) is 4.83 Å². The van der Waals surface area contributed by atoms with Crippen LogP contribution in [0.15, 0.2) is 12.2 Å². The van der Waals surface area contributed by atoms with Crippen LogP contribution in [-0.2, 0) is 0 Å². The lowest BCUT2D eigenvalue weighted by molar-refractivity contribution is 0.325. The Morgan fingerprint density at radius 1 is 1.29 bits per heavy atom. The molecule has 0 aromatic heterocycles. The quantitative estimate of drug-likeness (QED) is 0.429. The Hall–Kier alpha value is 0.220. The van der Waals surface area contributed by atoms with Crippen LogP contribution in [0.5, 0.6) is 0 Å². The molecule has 0 aliphatic heterocycles. The fraction of sp³-hybridized carbons (Fsp3) is 0.846. The number of hydrogen-bond donors (Lipinski definition) is 0. The average Bonchev–Trinajstić information content (AvgIpc) is 2.03.